The van der Waals surface area contributed by atoms with Gasteiger partial charge in [0.15, 0.2) is 0 Å². The Balaban J connectivity index is 1.91. The van der Waals surface area contributed by atoms with E-state index in [1.807, 2.05) is 30.3 Å². The lowest BCUT2D eigenvalue weighted by atomic mass is 10.1. The molecule has 1 aliphatic rings. The molecule has 0 saturated carbocycles. The highest BCUT2D eigenvalue weighted by Crippen LogP contribution is 2.06. The molecule has 144 valence electrons. The smallest absolute Gasteiger partial charge is 0.408 e. The summed E-state index contributed by atoms with van der Waals surface area (Å²) < 4.78 is 5.11. The number of amides is 3. The summed E-state index contributed by atoms with van der Waals surface area (Å²) in [6, 6.07) is 7.26. The molecule has 1 fully saturated rings. The third kappa shape index (κ3) is 6.25. The van der Waals surface area contributed by atoms with Gasteiger partial charge in [-0.25, -0.2) is 4.79 Å². The molecule has 27 heavy (non-hydrogen) atoms. The number of carbonyl (C=O) groups excluding carboxylic acids is 4. The third-order valence-electron chi connectivity index (χ3n) is 4.04. The maximum Gasteiger partial charge on any atom is 0.408 e. The van der Waals surface area contributed by atoms with E-state index in [1.165, 1.54) is 6.08 Å². The second-order valence-electron chi connectivity index (χ2n) is 6.11. The summed E-state index contributed by atoms with van der Waals surface area (Å²) in [6.45, 7) is 4.02. The first-order valence-electron chi connectivity index (χ1n) is 8.71. The van der Waals surface area contributed by atoms with Gasteiger partial charge in [0.05, 0.1) is 6.04 Å². The first kappa shape index (κ1) is 20.2. The molecule has 0 spiro atoms. The van der Waals surface area contributed by atoms with Crippen LogP contribution in [0, 0.1) is 0 Å². The summed E-state index contributed by atoms with van der Waals surface area (Å²) in [5, 5.41) is 7.47. The molecule has 0 bridgehead atoms. The lowest BCUT2D eigenvalue weighted by Crippen LogP contribution is -2.52. The Kier molecular flexibility index (Phi) is 7.54. The Bertz CT molecular complexity index is 705. The van der Waals surface area contributed by atoms with Gasteiger partial charge >= 0.3 is 6.09 Å². The van der Waals surface area contributed by atoms with Crippen molar-refractivity contribution in [2.45, 2.75) is 38.0 Å². The lowest BCUT2D eigenvalue weighted by molar-refractivity contribution is -0.139. The number of benzene rings is 1. The van der Waals surface area contributed by atoms with Gasteiger partial charge in [0, 0.05) is 6.54 Å². The summed E-state index contributed by atoms with van der Waals surface area (Å²) in [6.07, 6.45) is 1.79. The monoisotopic (exact) mass is 373 g/mol. The zero-order valence-corrected chi connectivity index (χ0v) is 14.9. The Labute approximate surface area is 157 Å². The number of hydrogen-bond acceptors (Lipinski definition) is 5. The minimum atomic E-state index is -0.954. The van der Waals surface area contributed by atoms with E-state index in [0.717, 1.165) is 5.56 Å². The van der Waals surface area contributed by atoms with Crippen molar-refractivity contribution in [1.29, 1.82) is 0 Å². The molecule has 1 saturated heterocycles. The topological polar surface area (TPSA) is 114 Å². The number of Topliss-reactive ketones (excluding diaryl/α,β-unsaturated/α-hetero) is 1. The standard InChI is InChI=1S/C19H23N3O5/c1-2-7-15(22-19(26)27-12-13-8-4-3-5-9-13)17(24)21-14-10-6-11-20-18(25)16(14)23/h2-5,8-9,14-15H,1,6-7,10-12H2,(H,20,25)(H,21,24)(H,22,26). The number of rotatable bonds is 7. The van der Waals surface area contributed by atoms with Crippen molar-refractivity contribution >= 4 is 23.7 Å². The summed E-state index contributed by atoms with van der Waals surface area (Å²) in [5.41, 5.74) is 0.812. The van der Waals surface area contributed by atoms with E-state index in [1.54, 1.807) is 0 Å². The van der Waals surface area contributed by atoms with E-state index in [-0.39, 0.29) is 13.0 Å². The van der Waals surface area contributed by atoms with Crippen LogP contribution in [0.4, 0.5) is 4.79 Å². The van der Waals surface area contributed by atoms with Crippen molar-refractivity contribution in [3.8, 4) is 0 Å². The predicted molar refractivity (Wildman–Crippen MR) is 97.5 cm³/mol. The summed E-state index contributed by atoms with van der Waals surface area (Å²) in [5.74, 6) is -1.97. The van der Waals surface area contributed by atoms with Crippen LogP contribution in [0.1, 0.15) is 24.8 Å². The highest BCUT2D eigenvalue weighted by molar-refractivity contribution is 6.38. The molecule has 1 aromatic rings. The average Bonchev–Trinajstić information content (AvgIpc) is 2.82. The van der Waals surface area contributed by atoms with Crippen LogP contribution in [-0.4, -0.2) is 42.3 Å². The van der Waals surface area contributed by atoms with Crippen LogP contribution in [0.5, 0.6) is 0 Å². The van der Waals surface area contributed by atoms with Crippen molar-refractivity contribution in [2.24, 2.45) is 0 Å². The van der Waals surface area contributed by atoms with Gasteiger partial charge in [0.2, 0.25) is 11.7 Å². The van der Waals surface area contributed by atoms with Gasteiger partial charge in [-0.1, -0.05) is 36.4 Å². The molecule has 2 atom stereocenters. The maximum absolute atomic E-state index is 12.5. The number of hydrogen-bond donors (Lipinski definition) is 3. The Morgan fingerprint density at radius 3 is 2.74 bits per heavy atom. The van der Waals surface area contributed by atoms with Crippen LogP contribution < -0.4 is 16.0 Å². The van der Waals surface area contributed by atoms with Gasteiger partial charge in [-0.3, -0.25) is 14.4 Å². The van der Waals surface area contributed by atoms with Gasteiger partial charge in [0.25, 0.3) is 5.91 Å². The molecule has 2 unspecified atom stereocenters. The maximum atomic E-state index is 12.5. The van der Waals surface area contributed by atoms with Crippen molar-refractivity contribution in [3.05, 3.63) is 48.6 Å². The van der Waals surface area contributed by atoms with Crippen LogP contribution in [0.2, 0.25) is 0 Å². The summed E-state index contributed by atoms with van der Waals surface area (Å²) in [7, 11) is 0. The van der Waals surface area contributed by atoms with Gasteiger partial charge in [-0.2, -0.15) is 0 Å². The molecule has 8 heteroatoms. The second kappa shape index (κ2) is 10.1. The lowest BCUT2D eigenvalue weighted by Gasteiger charge is -2.20. The molecule has 3 N–H and O–H groups in total. The number of nitrogens with one attached hydrogen (secondary N) is 3. The van der Waals surface area contributed by atoms with Gasteiger partial charge < -0.3 is 20.7 Å². The Morgan fingerprint density at radius 1 is 1.30 bits per heavy atom. The zero-order chi connectivity index (χ0) is 19.6. The fraction of sp³-hybridized carbons (Fsp3) is 0.368. The molecular weight excluding hydrogens is 350 g/mol. The van der Waals surface area contributed by atoms with Crippen molar-refractivity contribution in [3.63, 3.8) is 0 Å². The largest absolute Gasteiger partial charge is 0.445 e. The van der Waals surface area contributed by atoms with Gasteiger partial charge in [0.1, 0.15) is 12.6 Å². The van der Waals surface area contributed by atoms with E-state index in [4.69, 9.17) is 4.74 Å². The first-order chi connectivity index (χ1) is 13.0. The van der Waals surface area contributed by atoms with Crippen molar-refractivity contribution in [2.75, 3.05) is 6.54 Å². The van der Waals surface area contributed by atoms with Crippen LogP contribution >= 0.6 is 0 Å². The van der Waals surface area contributed by atoms with E-state index in [9.17, 15) is 19.2 Å². The first-order valence-corrected chi connectivity index (χ1v) is 8.71. The van der Waals surface area contributed by atoms with Crippen LogP contribution in [0.25, 0.3) is 0 Å². The van der Waals surface area contributed by atoms with Gasteiger partial charge in [-0.05, 0) is 24.8 Å². The molecular formula is C19H23N3O5. The summed E-state index contributed by atoms with van der Waals surface area (Å²) in [4.78, 5) is 48.0. The quantitative estimate of drug-likeness (QED) is 0.484. The highest BCUT2D eigenvalue weighted by atomic mass is 16.5. The summed E-state index contributed by atoms with van der Waals surface area (Å²) >= 11 is 0. The van der Waals surface area contributed by atoms with Crippen LogP contribution in [0.3, 0.4) is 0 Å². The average molecular weight is 373 g/mol. The second-order valence-corrected chi connectivity index (χ2v) is 6.11. The van der Waals surface area contributed by atoms with Crippen LogP contribution in [0.15, 0.2) is 43.0 Å². The zero-order valence-electron chi connectivity index (χ0n) is 14.9. The fourth-order valence-corrected chi connectivity index (χ4v) is 2.60. The van der Waals surface area contributed by atoms with Crippen molar-refractivity contribution in [1.82, 2.24) is 16.0 Å². The van der Waals surface area contributed by atoms with E-state index in [0.29, 0.717) is 19.4 Å². The third-order valence-corrected chi connectivity index (χ3v) is 4.04. The molecule has 0 aliphatic carbocycles. The number of alkyl carbamates (subject to hydrolysis) is 1. The molecule has 1 aromatic carbocycles. The van der Waals surface area contributed by atoms with Gasteiger partial charge in [-0.15, -0.1) is 6.58 Å². The van der Waals surface area contributed by atoms with E-state index >= 15 is 0 Å². The molecule has 0 radical (unpaired) electrons. The molecule has 3 amide bonds. The molecule has 1 heterocycles. The van der Waals surface area contributed by atoms with E-state index in [2.05, 4.69) is 22.5 Å². The molecule has 1 aliphatic heterocycles. The molecule has 8 nitrogen and oxygen atoms in total. The Morgan fingerprint density at radius 2 is 2.04 bits per heavy atom. The normalized spacial score (nSPS) is 17.9. The SMILES string of the molecule is C=CCC(NC(=O)OCc1ccccc1)C(=O)NC1CCCNC(=O)C1=O. The van der Waals surface area contributed by atoms with Crippen LogP contribution in [-0.2, 0) is 25.7 Å². The highest BCUT2D eigenvalue weighted by Gasteiger charge is 2.31. The van der Waals surface area contributed by atoms with E-state index < -0.39 is 35.8 Å². The number of ether oxygens (including phenoxy) is 1. The fourth-order valence-electron chi connectivity index (χ4n) is 2.60. The molecule has 2 rings (SSSR count). The molecule has 0 aromatic heterocycles. The Hall–Kier alpha value is -3.16. The number of carbonyl (C=O) groups is 4. The van der Waals surface area contributed by atoms with Crippen molar-refractivity contribution < 1.29 is 23.9 Å². The number of ketones is 1. The predicted octanol–water partition coefficient (Wildman–Crippen LogP) is 0.821. The minimum Gasteiger partial charge on any atom is -0.445 e. The minimum absolute atomic E-state index is 0.0659.